The van der Waals surface area contributed by atoms with Gasteiger partial charge in [0.1, 0.15) is 6.26 Å². The lowest BCUT2D eigenvalue weighted by Gasteiger charge is -2.20. The van der Waals surface area contributed by atoms with Crippen LogP contribution in [0, 0.1) is 0 Å². The number of amides is 2. The summed E-state index contributed by atoms with van der Waals surface area (Å²) in [4.78, 5) is 36.1. The Morgan fingerprint density at radius 1 is 1.32 bits per heavy atom. The predicted molar refractivity (Wildman–Crippen MR) is 77.7 cm³/mol. The van der Waals surface area contributed by atoms with Crippen LogP contribution in [0.5, 0.6) is 0 Å². The normalized spacial score (nSPS) is 15.5. The number of furan rings is 1. The van der Waals surface area contributed by atoms with Crippen molar-refractivity contribution >= 4 is 17.8 Å². The number of nitrogens with zero attached hydrogens (tertiary/aromatic N) is 1. The molecule has 1 aromatic rings. The fourth-order valence-electron chi connectivity index (χ4n) is 2.40. The summed E-state index contributed by atoms with van der Waals surface area (Å²) in [6, 6.07) is 1.19. The zero-order valence-electron chi connectivity index (χ0n) is 12.3. The molecule has 0 bridgehead atoms. The number of carboxylic acids is 1. The molecule has 0 aliphatic carbocycles. The van der Waals surface area contributed by atoms with Crippen LogP contribution in [-0.2, 0) is 4.79 Å². The van der Waals surface area contributed by atoms with E-state index >= 15 is 0 Å². The summed E-state index contributed by atoms with van der Waals surface area (Å²) in [5.41, 5.74) is -0.0553. The molecule has 0 atom stereocenters. The summed E-state index contributed by atoms with van der Waals surface area (Å²) in [7, 11) is 0. The highest BCUT2D eigenvalue weighted by atomic mass is 16.4. The van der Waals surface area contributed by atoms with Crippen LogP contribution >= 0.6 is 0 Å². The first-order chi connectivity index (χ1) is 10.6. The third-order valence-corrected chi connectivity index (χ3v) is 3.63. The summed E-state index contributed by atoms with van der Waals surface area (Å²) in [6.07, 6.45) is 5.37. The number of carbonyl (C=O) groups excluding carboxylic acids is 2. The van der Waals surface area contributed by atoms with E-state index in [1.54, 1.807) is 0 Å². The number of rotatable bonds is 6. The van der Waals surface area contributed by atoms with Gasteiger partial charge < -0.3 is 19.7 Å². The molecule has 22 heavy (non-hydrogen) atoms. The minimum absolute atomic E-state index is 0.0248. The van der Waals surface area contributed by atoms with Crippen molar-refractivity contribution in [3.05, 3.63) is 23.7 Å². The molecule has 1 fully saturated rings. The molecule has 1 saturated heterocycles. The Hall–Kier alpha value is -2.31. The van der Waals surface area contributed by atoms with Crippen LogP contribution in [-0.4, -0.2) is 47.4 Å². The average molecular weight is 308 g/mol. The second-order valence-electron chi connectivity index (χ2n) is 5.31. The summed E-state index contributed by atoms with van der Waals surface area (Å²) in [6.45, 7) is 1.82. The monoisotopic (exact) mass is 308 g/mol. The Balaban J connectivity index is 1.72. The number of aromatic carboxylic acids is 1. The molecule has 1 aromatic heterocycles. The van der Waals surface area contributed by atoms with Gasteiger partial charge in [-0.1, -0.05) is 6.42 Å². The molecule has 0 unspecified atom stereocenters. The molecule has 0 aromatic carbocycles. The molecule has 1 aliphatic heterocycles. The third kappa shape index (κ3) is 4.34. The molecule has 0 saturated carbocycles. The van der Waals surface area contributed by atoms with E-state index in [1.807, 2.05) is 4.90 Å². The number of hydrogen-bond acceptors (Lipinski definition) is 4. The zero-order chi connectivity index (χ0) is 15.9. The Kier molecular flexibility index (Phi) is 5.57. The molecule has 0 spiro atoms. The predicted octanol–water partition coefficient (Wildman–Crippen LogP) is 1.50. The van der Waals surface area contributed by atoms with E-state index in [4.69, 9.17) is 9.52 Å². The molecule has 2 amide bonds. The molecule has 2 rings (SSSR count). The molecule has 7 nitrogen and oxygen atoms in total. The van der Waals surface area contributed by atoms with Crippen LogP contribution in [0.15, 0.2) is 16.7 Å². The van der Waals surface area contributed by atoms with Crippen LogP contribution in [0.25, 0.3) is 0 Å². The van der Waals surface area contributed by atoms with Gasteiger partial charge in [-0.3, -0.25) is 9.59 Å². The molecule has 2 N–H and O–H groups in total. The SMILES string of the molecule is O=C(O)c1coc(C(=O)NCCCN2CCCCCC2=O)c1. The minimum atomic E-state index is -1.14. The quantitative estimate of drug-likeness (QED) is 0.776. The summed E-state index contributed by atoms with van der Waals surface area (Å²) < 4.78 is 4.91. The highest BCUT2D eigenvalue weighted by molar-refractivity contribution is 5.95. The lowest BCUT2D eigenvalue weighted by atomic mass is 10.2. The van der Waals surface area contributed by atoms with Gasteiger partial charge in [-0.05, 0) is 19.3 Å². The van der Waals surface area contributed by atoms with Crippen molar-refractivity contribution in [2.45, 2.75) is 32.1 Å². The van der Waals surface area contributed by atoms with Crippen LogP contribution < -0.4 is 5.32 Å². The van der Waals surface area contributed by atoms with E-state index < -0.39 is 11.9 Å². The maximum absolute atomic E-state index is 11.8. The van der Waals surface area contributed by atoms with Crippen LogP contribution in [0.2, 0.25) is 0 Å². The van der Waals surface area contributed by atoms with Gasteiger partial charge in [0.25, 0.3) is 5.91 Å². The van der Waals surface area contributed by atoms with E-state index in [2.05, 4.69) is 5.32 Å². The number of nitrogens with one attached hydrogen (secondary N) is 1. The molecule has 1 aliphatic rings. The lowest BCUT2D eigenvalue weighted by molar-refractivity contribution is -0.130. The number of carboxylic acid groups (broad SMARTS) is 1. The highest BCUT2D eigenvalue weighted by Crippen LogP contribution is 2.11. The number of hydrogen-bond donors (Lipinski definition) is 2. The maximum Gasteiger partial charge on any atom is 0.338 e. The second kappa shape index (κ2) is 7.63. The van der Waals surface area contributed by atoms with Gasteiger partial charge in [0.05, 0.1) is 5.56 Å². The first-order valence-corrected chi connectivity index (χ1v) is 7.46. The Morgan fingerprint density at radius 2 is 2.14 bits per heavy atom. The van der Waals surface area contributed by atoms with Crippen molar-refractivity contribution in [3.63, 3.8) is 0 Å². The van der Waals surface area contributed by atoms with Gasteiger partial charge in [0.2, 0.25) is 5.91 Å². The molecule has 7 heteroatoms. The Morgan fingerprint density at radius 3 is 2.86 bits per heavy atom. The van der Waals surface area contributed by atoms with Crippen molar-refractivity contribution < 1.29 is 23.9 Å². The van der Waals surface area contributed by atoms with Crippen LogP contribution in [0.4, 0.5) is 0 Å². The molecule has 0 radical (unpaired) electrons. The van der Waals surface area contributed by atoms with Crippen molar-refractivity contribution in [1.29, 1.82) is 0 Å². The average Bonchev–Trinajstić information content (AvgIpc) is 2.90. The topological polar surface area (TPSA) is 99.8 Å². The third-order valence-electron chi connectivity index (χ3n) is 3.63. The first kappa shape index (κ1) is 16.1. The Bertz CT molecular complexity index is 552. The van der Waals surface area contributed by atoms with Crippen molar-refractivity contribution in [2.75, 3.05) is 19.6 Å². The lowest BCUT2D eigenvalue weighted by Crippen LogP contribution is -2.33. The number of likely N-dealkylation sites (tertiary alicyclic amines) is 1. The highest BCUT2D eigenvalue weighted by Gasteiger charge is 2.17. The van der Waals surface area contributed by atoms with Gasteiger partial charge in [-0.15, -0.1) is 0 Å². The second-order valence-corrected chi connectivity index (χ2v) is 5.31. The van der Waals surface area contributed by atoms with Crippen LogP contribution in [0.3, 0.4) is 0 Å². The van der Waals surface area contributed by atoms with Crippen molar-refractivity contribution in [2.24, 2.45) is 0 Å². The maximum atomic E-state index is 11.8. The van der Waals surface area contributed by atoms with E-state index in [0.717, 1.165) is 32.1 Å². The summed E-state index contributed by atoms with van der Waals surface area (Å²) >= 11 is 0. The standard InChI is InChI=1S/C15H20N2O5/c18-13-5-2-1-3-7-17(13)8-4-6-16-14(19)12-9-11(10-22-12)15(20)21/h9-10H,1-8H2,(H,16,19)(H,20,21). The fourth-order valence-corrected chi connectivity index (χ4v) is 2.40. The number of carbonyl (C=O) groups is 3. The minimum Gasteiger partial charge on any atom is -0.478 e. The van der Waals surface area contributed by atoms with Gasteiger partial charge in [-0.25, -0.2) is 4.79 Å². The summed E-state index contributed by atoms with van der Waals surface area (Å²) in [5.74, 6) is -1.43. The fraction of sp³-hybridized carbons (Fsp3) is 0.533. The van der Waals surface area contributed by atoms with Gasteiger partial charge in [0, 0.05) is 32.1 Å². The first-order valence-electron chi connectivity index (χ1n) is 7.46. The van der Waals surface area contributed by atoms with E-state index in [-0.39, 0.29) is 17.2 Å². The van der Waals surface area contributed by atoms with Crippen molar-refractivity contribution in [1.82, 2.24) is 10.2 Å². The Labute approximate surface area is 128 Å². The summed E-state index contributed by atoms with van der Waals surface area (Å²) in [5, 5.41) is 11.4. The van der Waals surface area contributed by atoms with Gasteiger partial charge >= 0.3 is 5.97 Å². The molecule has 2 heterocycles. The van der Waals surface area contributed by atoms with Crippen molar-refractivity contribution in [3.8, 4) is 0 Å². The zero-order valence-corrected chi connectivity index (χ0v) is 12.3. The van der Waals surface area contributed by atoms with E-state index in [0.29, 0.717) is 25.9 Å². The van der Waals surface area contributed by atoms with Gasteiger partial charge in [0.15, 0.2) is 5.76 Å². The van der Waals surface area contributed by atoms with E-state index in [1.165, 1.54) is 6.07 Å². The smallest absolute Gasteiger partial charge is 0.338 e. The van der Waals surface area contributed by atoms with Crippen LogP contribution in [0.1, 0.15) is 53.0 Å². The molecular weight excluding hydrogens is 288 g/mol. The largest absolute Gasteiger partial charge is 0.478 e. The van der Waals surface area contributed by atoms with Gasteiger partial charge in [-0.2, -0.15) is 0 Å². The molecule has 120 valence electrons. The van der Waals surface area contributed by atoms with E-state index in [9.17, 15) is 14.4 Å². The molecular formula is C15H20N2O5.